The number of nitrogens with two attached hydrogens (primary N) is 1. The molecule has 2 rings (SSSR count). The lowest BCUT2D eigenvalue weighted by Crippen LogP contribution is -2.43. The molecule has 4 N–H and O–H groups in total. The Bertz CT molecular complexity index is 340. The normalized spacial score (nSPS) is 20.8. The largest absolute Gasteiger partial charge is 0.396 e. The van der Waals surface area contributed by atoms with Crippen LogP contribution in [-0.4, -0.2) is 46.0 Å². The molecular formula is C11H21N5O. The maximum atomic E-state index is 8.71. The van der Waals surface area contributed by atoms with Crippen molar-refractivity contribution in [2.24, 2.45) is 5.73 Å². The molecule has 0 amide bonds. The Hall–Kier alpha value is -1.14. The molecule has 1 aromatic heterocycles. The molecule has 0 saturated carbocycles. The number of aliphatic hydroxyl groups is 1. The molecule has 1 unspecified atom stereocenters. The summed E-state index contributed by atoms with van der Waals surface area (Å²) in [7, 11) is 0. The molecule has 1 atom stereocenters. The minimum atomic E-state index is 0.236. The quantitative estimate of drug-likeness (QED) is 0.631. The van der Waals surface area contributed by atoms with Crippen LogP contribution >= 0.6 is 0 Å². The molecule has 0 aromatic carbocycles. The summed E-state index contributed by atoms with van der Waals surface area (Å²) in [6.45, 7) is 2.07. The van der Waals surface area contributed by atoms with Crippen LogP contribution in [0.15, 0.2) is 0 Å². The van der Waals surface area contributed by atoms with Crippen LogP contribution in [0, 0.1) is 0 Å². The Kier molecular flexibility index (Phi) is 4.33. The van der Waals surface area contributed by atoms with Crippen molar-refractivity contribution in [1.82, 2.24) is 15.2 Å². The summed E-state index contributed by atoms with van der Waals surface area (Å²) >= 11 is 0. The third kappa shape index (κ3) is 3.41. The molecule has 6 nitrogen and oxygen atoms in total. The fraction of sp³-hybridized carbons (Fsp3) is 0.818. The van der Waals surface area contributed by atoms with E-state index < -0.39 is 0 Å². The highest BCUT2D eigenvalue weighted by molar-refractivity contribution is 5.29. The van der Waals surface area contributed by atoms with E-state index in [0.29, 0.717) is 0 Å². The van der Waals surface area contributed by atoms with E-state index in [-0.39, 0.29) is 12.6 Å². The summed E-state index contributed by atoms with van der Waals surface area (Å²) in [6.07, 6.45) is 4.78. The van der Waals surface area contributed by atoms with Gasteiger partial charge in [-0.3, -0.25) is 5.10 Å². The highest BCUT2D eigenvalue weighted by Gasteiger charge is 2.19. The van der Waals surface area contributed by atoms with Crippen LogP contribution in [0.5, 0.6) is 0 Å². The van der Waals surface area contributed by atoms with Gasteiger partial charge in [0.05, 0.1) is 0 Å². The zero-order chi connectivity index (χ0) is 12.1. The van der Waals surface area contributed by atoms with Crippen molar-refractivity contribution in [2.75, 3.05) is 24.6 Å². The standard InChI is InChI=1S/C11H21N5O/c12-9-4-3-6-16(8-9)11-13-10(14-15-11)5-1-2-7-17/h9,17H,1-8,12H2,(H,13,14,15). The van der Waals surface area contributed by atoms with E-state index in [1.54, 1.807) is 0 Å². The number of H-pyrrole nitrogens is 1. The first-order valence-electron chi connectivity index (χ1n) is 6.32. The second-order valence-corrected chi connectivity index (χ2v) is 4.61. The molecule has 2 heterocycles. The first-order chi connectivity index (χ1) is 8.29. The molecule has 0 radical (unpaired) electrons. The summed E-state index contributed by atoms with van der Waals surface area (Å²) in [5, 5.41) is 15.9. The predicted molar refractivity (Wildman–Crippen MR) is 65.8 cm³/mol. The molecule has 1 aromatic rings. The number of aryl methyl sites for hydroxylation is 1. The summed E-state index contributed by atoms with van der Waals surface area (Å²) in [5.74, 6) is 1.66. The summed E-state index contributed by atoms with van der Waals surface area (Å²) in [6, 6.07) is 0.236. The van der Waals surface area contributed by atoms with E-state index in [1.807, 2.05) is 0 Å². The summed E-state index contributed by atoms with van der Waals surface area (Å²) in [5.41, 5.74) is 5.93. The number of aromatic nitrogens is 3. The number of aliphatic hydroxyl groups excluding tert-OH is 1. The van der Waals surface area contributed by atoms with Gasteiger partial charge in [-0.25, -0.2) is 0 Å². The van der Waals surface area contributed by atoms with Crippen molar-refractivity contribution >= 4 is 5.95 Å². The zero-order valence-electron chi connectivity index (χ0n) is 10.1. The van der Waals surface area contributed by atoms with Crippen LogP contribution in [0.4, 0.5) is 5.95 Å². The average molecular weight is 239 g/mol. The number of hydrogen-bond acceptors (Lipinski definition) is 5. The fourth-order valence-electron chi connectivity index (χ4n) is 2.13. The van der Waals surface area contributed by atoms with E-state index in [9.17, 15) is 0 Å². The molecule has 1 aliphatic heterocycles. The molecular weight excluding hydrogens is 218 g/mol. The highest BCUT2D eigenvalue weighted by Crippen LogP contribution is 2.15. The number of piperidine rings is 1. The second kappa shape index (κ2) is 5.97. The lowest BCUT2D eigenvalue weighted by Gasteiger charge is -2.29. The third-order valence-corrected chi connectivity index (χ3v) is 3.08. The Balaban J connectivity index is 1.88. The molecule has 17 heavy (non-hydrogen) atoms. The van der Waals surface area contributed by atoms with E-state index in [1.165, 1.54) is 0 Å². The first-order valence-corrected chi connectivity index (χ1v) is 6.32. The molecule has 1 saturated heterocycles. The smallest absolute Gasteiger partial charge is 0.244 e. The van der Waals surface area contributed by atoms with Crippen molar-refractivity contribution in [3.63, 3.8) is 0 Å². The molecule has 0 bridgehead atoms. The first kappa shape index (κ1) is 12.3. The van der Waals surface area contributed by atoms with Gasteiger partial charge in [-0.05, 0) is 25.7 Å². The number of hydrogen-bond donors (Lipinski definition) is 3. The maximum Gasteiger partial charge on any atom is 0.244 e. The average Bonchev–Trinajstić information content (AvgIpc) is 2.78. The number of nitrogens with zero attached hydrogens (tertiary/aromatic N) is 3. The van der Waals surface area contributed by atoms with E-state index >= 15 is 0 Å². The van der Waals surface area contributed by atoms with Crippen molar-refractivity contribution in [3.8, 4) is 0 Å². The van der Waals surface area contributed by atoms with E-state index in [4.69, 9.17) is 10.8 Å². The van der Waals surface area contributed by atoms with Crippen molar-refractivity contribution in [2.45, 2.75) is 38.1 Å². The monoisotopic (exact) mass is 239 g/mol. The van der Waals surface area contributed by atoms with Gasteiger partial charge in [0.1, 0.15) is 5.82 Å². The Morgan fingerprint density at radius 3 is 3.12 bits per heavy atom. The molecule has 96 valence electrons. The number of unbranched alkanes of at least 4 members (excludes halogenated alkanes) is 1. The van der Waals surface area contributed by atoms with Crippen molar-refractivity contribution in [1.29, 1.82) is 0 Å². The SMILES string of the molecule is NC1CCCN(c2n[nH]c(CCCCO)n2)C1. The molecule has 1 aliphatic rings. The lowest BCUT2D eigenvalue weighted by atomic mass is 10.1. The topological polar surface area (TPSA) is 91.1 Å². The third-order valence-electron chi connectivity index (χ3n) is 3.08. The predicted octanol–water partition coefficient (Wildman–Crippen LogP) is 0.0472. The number of anilines is 1. The highest BCUT2D eigenvalue weighted by atomic mass is 16.2. The van der Waals surface area contributed by atoms with Crippen LogP contribution in [-0.2, 0) is 6.42 Å². The fourth-order valence-corrected chi connectivity index (χ4v) is 2.13. The van der Waals surface area contributed by atoms with E-state index in [0.717, 1.165) is 57.0 Å². The maximum absolute atomic E-state index is 8.71. The van der Waals surface area contributed by atoms with Crippen LogP contribution < -0.4 is 10.6 Å². The van der Waals surface area contributed by atoms with Crippen LogP contribution in [0.25, 0.3) is 0 Å². The van der Waals surface area contributed by atoms with Crippen molar-refractivity contribution < 1.29 is 5.11 Å². The van der Waals surface area contributed by atoms with Gasteiger partial charge in [-0.15, -0.1) is 5.10 Å². The van der Waals surface area contributed by atoms with Crippen LogP contribution in [0.2, 0.25) is 0 Å². The van der Waals surface area contributed by atoms with Crippen molar-refractivity contribution in [3.05, 3.63) is 5.82 Å². The van der Waals surface area contributed by atoms with Gasteiger partial charge in [-0.2, -0.15) is 4.98 Å². The van der Waals surface area contributed by atoms with Gasteiger partial charge in [-0.1, -0.05) is 0 Å². The summed E-state index contributed by atoms with van der Waals surface area (Å²) in [4.78, 5) is 6.60. The van der Waals surface area contributed by atoms with E-state index in [2.05, 4.69) is 20.1 Å². The minimum Gasteiger partial charge on any atom is -0.396 e. The Morgan fingerprint density at radius 2 is 2.35 bits per heavy atom. The number of rotatable bonds is 5. The lowest BCUT2D eigenvalue weighted by molar-refractivity contribution is 0.284. The van der Waals surface area contributed by atoms with Crippen LogP contribution in [0.3, 0.4) is 0 Å². The van der Waals surface area contributed by atoms with Gasteiger partial charge in [0.2, 0.25) is 5.95 Å². The van der Waals surface area contributed by atoms with Crippen LogP contribution in [0.1, 0.15) is 31.5 Å². The van der Waals surface area contributed by atoms with Gasteiger partial charge >= 0.3 is 0 Å². The Morgan fingerprint density at radius 1 is 1.47 bits per heavy atom. The second-order valence-electron chi connectivity index (χ2n) is 4.61. The molecule has 6 heteroatoms. The zero-order valence-corrected chi connectivity index (χ0v) is 10.1. The van der Waals surface area contributed by atoms with Gasteiger partial charge in [0.15, 0.2) is 0 Å². The molecule has 0 spiro atoms. The molecule has 1 fully saturated rings. The number of aromatic amines is 1. The van der Waals surface area contributed by atoms with Gasteiger partial charge < -0.3 is 15.7 Å². The van der Waals surface area contributed by atoms with Gasteiger partial charge in [0, 0.05) is 32.2 Å². The number of nitrogens with one attached hydrogen (secondary N) is 1. The molecule has 0 aliphatic carbocycles. The van der Waals surface area contributed by atoms with Gasteiger partial charge in [0.25, 0.3) is 0 Å². The minimum absolute atomic E-state index is 0.236. The summed E-state index contributed by atoms with van der Waals surface area (Å²) < 4.78 is 0. The Labute approximate surface area is 101 Å².